The van der Waals surface area contributed by atoms with Crippen LogP contribution in [0.25, 0.3) is 0 Å². The number of hydrogen-bond acceptors (Lipinski definition) is 2. The summed E-state index contributed by atoms with van der Waals surface area (Å²) >= 11 is -0.387. The molecule has 2 nitrogen and oxygen atoms in total. The third kappa shape index (κ3) is 7.13. The number of rotatable bonds is 11. The van der Waals surface area contributed by atoms with E-state index in [1.165, 1.54) is 77.4 Å². The van der Waals surface area contributed by atoms with Crippen molar-refractivity contribution < 1.29 is 0 Å². The molecule has 0 aromatic rings. The van der Waals surface area contributed by atoms with Crippen LogP contribution < -0.4 is 10.6 Å². The van der Waals surface area contributed by atoms with Gasteiger partial charge in [-0.3, -0.25) is 0 Å². The van der Waals surface area contributed by atoms with Gasteiger partial charge in [0.2, 0.25) is 0 Å². The topological polar surface area (TPSA) is 24.1 Å². The molecule has 1 fully saturated rings. The van der Waals surface area contributed by atoms with Gasteiger partial charge in [0.25, 0.3) is 0 Å². The van der Waals surface area contributed by atoms with Crippen molar-refractivity contribution in [2.45, 2.75) is 86.0 Å². The van der Waals surface area contributed by atoms with E-state index in [0.29, 0.717) is 0 Å². The van der Waals surface area contributed by atoms with Crippen LogP contribution >= 0.6 is 0 Å². The number of nitrogens with one attached hydrogen (secondary N) is 2. The van der Waals surface area contributed by atoms with E-state index in [1.807, 2.05) is 0 Å². The fraction of sp³-hybridized carbons (Fsp3) is 1.00. The predicted octanol–water partition coefficient (Wildman–Crippen LogP) is 3.94. The minimum atomic E-state index is -0.387. The third-order valence-corrected chi connectivity index (χ3v) is 10.6. The molecule has 1 saturated heterocycles. The normalized spacial score (nSPS) is 20.2. The van der Waals surface area contributed by atoms with E-state index in [9.17, 15) is 0 Å². The van der Waals surface area contributed by atoms with Gasteiger partial charge in [-0.15, -0.1) is 0 Å². The molecule has 0 amide bonds. The van der Waals surface area contributed by atoms with Crippen molar-refractivity contribution in [3.8, 4) is 0 Å². The van der Waals surface area contributed by atoms with Gasteiger partial charge in [0.05, 0.1) is 0 Å². The Bertz CT molecular complexity index is 205. The molecule has 118 valence electrons. The van der Waals surface area contributed by atoms with Crippen molar-refractivity contribution in [2.75, 3.05) is 19.6 Å². The van der Waals surface area contributed by atoms with Crippen molar-refractivity contribution in [2.24, 2.45) is 0 Å². The predicted molar refractivity (Wildman–Crippen MR) is 91.7 cm³/mol. The SMILES string of the molecule is CCCC[C](CCCC)(CCCC)[Sn][CH]1CNCCN1. The first-order valence-corrected chi connectivity index (χ1v) is 12.1. The van der Waals surface area contributed by atoms with E-state index < -0.39 is 0 Å². The molecular weight excluding hydrogens is 351 g/mol. The van der Waals surface area contributed by atoms with Crippen molar-refractivity contribution in [1.29, 1.82) is 0 Å². The van der Waals surface area contributed by atoms with Crippen molar-refractivity contribution in [3.63, 3.8) is 0 Å². The maximum atomic E-state index is 3.82. The molecule has 0 aromatic heterocycles. The van der Waals surface area contributed by atoms with Crippen LogP contribution in [-0.4, -0.2) is 44.8 Å². The second kappa shape index (κ2) is 11.3. The Morgan fingerprint density at radius 1 is 0.900 bits per heavy atom. The molecule has 0 aliphatic carbocycles. The van der Waals surface area contributed by atoms with Crippen LogP contribution in [-0.2, 0) is 0 Å². The van der Waals surface area contributed by atoms with Gasteiger partial charge in [-0.25, -0.2) is 0 Å². The molecule has 2 N–H and O–H groups in total. The fourth-order valence-electron chi connectivity index (χ4n) is 3.26. The minimum absolute atomic E-state index is 0.387. The monoisotopic (exact) mass is 388 g/mol. The van der Waals surface area contributed by atoms with Gasteiger partial charge in [-0.1, -0.05) is 0 Å². The summed E-state index contributed by atoms with van der Waals surface area (Å²) in [7, 11) is 0. The molecule has 0 aromatic carbocycles. The van der Waals surface area contributed by atoms with E-state index in [1.54, 1.807) is 0 Å². The standard InChI is InChI=1S/C13H27.C4H9N2.Sn/c1-4-7-10-13(11-8-5-2)12-9-6-3;1-2-6-4-3-5-1;/h4-12H2,1-3H3;1,5-6H,2-4H2;. The summed E-state index contributed by atoms with van der Waals surface area (Å²) in [5, 5.41) is 7.42. The molecule has 1 rings (SSSR count). The average Bonchev–Trinajstić information content (AvgIpc) is 2.49. The zero-order chi connectivity index (χ0) is 14.7. The van der Waals surface area contributed by atoms with Gasteiger partial charge >= 0.3 is 137 Å². The zero-order valence-electron chi connectivity index (χ0n) is 14.1. The van der Waals surface area contributed by atoms with Crippen LogP contribution in [0.4, 0.5) is 0 Å². The number of hydrogen-bond donors (Lipinski definition) is 2. The summed E-state index contributed by atoms with van der Waals surface area (Å²) in [6.07, 6.45) is 13.0. The Hall–Kier alpha value is 0.719. The molecule has 20 heavy (non-hydrogen) atoms. The summed E-state index contributed by atoms with van der Waals surface area (Å²) in [6, 6.07) is 0. The summed E-state index contributed by atoms with van der Waals surface area (Å²) < 4.78 is 1.65. The van der Waals surface area contributed by atoms with Crippen molar-refractivity contribution in [1.82, 2.24) is 10.6 Å². The number of unbranched alkanes of at least 4 members (excludes halogenated alkanes) is 3. The van der Waals surface area contributed by atoms with E-state index in [2.05, 4.69) is 31.4 Å². The van der Waals surface area contributed by atoms with Crippen LogP contribution in [0.15, 0.2) is 0 Å². The third-order valence-electron chi connectivity index (χ3n) is 4.55. The zero-order valence-corrected chi connectivity index (χ0v) is 16.9. The molecule has 1 unspecified atom stereocenters. The van der Waals surface area contributed by atoms with Gasteiger partial charge in [0.1, 0.15) is 0 Å². The summed E-state index contributed by atoms with van der Waals surface area (Å²) in [6.45, 7) is 10.7. The van der Waals surface area contributed by atoms with E-state index in [-0.39, 0.29) is 21.1 Å². The first kappa shape index (κ1) is 18.8. The van der Waals surface area contributed by atoms with Gasteiger partial charge in [0.15, 0.2) is 0 Å². The quantitative estimate of drug-likeness (QED) is 0.525. The molecule has 0 spiro atoms. The molecule has 1 aliphatic heterocycles. The summed E-state index contributed by atoms with van der Waals surface area (Å²) in [5.74, 6) is 0. The molecule has 1 aliphatic rings. The van der Waals surface area contributed by atoms with Crippen LogP contribution in [0, 0.1) is 0 Å². The van der Waals surface area contributed by atoms with Crippen molar-refractivity contribution in [3.05, 3.63) is 0 Å². The summed E-state index contributed by atoms with van der Waals surface area (Å²) in [4.78, 5) is 0. The van der Waals surface area contributed by atoms with Crippen LogP contribution in [0.1, 0.15) is 78.6 Å². The van der Waals surface area contributed by atoms with E-state index >= 15 is 0 Å². The Kier molecular flexibility index (Phi) is 10.6. The fourth-order valence-corrected chi connectivity index (χ4v) is 9.53. The van der Waals surface area contributed by atoms with Crippen molar-refractivity contribution >= 4 is 21.1 Å². The Morgan fingerprint density at radius 3 is 1.85 bits per heavy atom. The molecule has 0 saturated carbocycles. The Morgan fingerprint density at radius 2 is 1.45 bits per heavy atom. The average molecular weight is 387 g/mol. The van der Waals surface area contributed by atoms with Crippen LogP contribution in [0.5, 0.6) is 0 Å². The van der Waals surface area contributed by atoms with E-state index in [4.69, 9.17) is 0 Å². The van der Waals surface area contributed by atoms with Crippen LogP contribution in [0.2, 0.25) is 3.43 Å². The second-order valence-corrected chi connectivity index (χ2v) is 12.3. The molecule has 2 radical (unpaired) electrons. The van der Waals surface area contributed by atoms with Gasteiger partial charge in [-0.05, 0) is 0 Å². The molecule has 3 heteroatoms. The molecule has 1 heterocycles. The molecular formula is C17H36N2Sn. The first-order chi connectivity index (χ1) is 9.76. The number of piperazine rings is 1. The maximum absolute atomic E-state index is 3.82. The van der Waals surface area contributed by atoms with Gasteiger partial charge in [0, 0.05) is 0 Å². The first-order valence-electron chi connectivity index (χ1n) is 8.98. The Balaban J connectivity index is 2.64. The van der Waals surface area contributed by atoms with Crippen LogP contribution in [0.3, 0.4) is 0 Å². The Labute approximate surface area is 137 Å². The summed E-state index contributed by atoms with van der Waals surface area (Å²) in [5.41, 5.74) is 0. The van der Waals surface area contributed by atoms with Gasteiger partial charge in [-0.2, -0.15) is 0 Å². The van der Waals surface area contributed by atoms with E-state index in [0.717, 1.165) is 7.49 Å². The van der Waals surface area contributed by atoms with Gasteiger partial charge < -0.3 is 0 Å². The second-order valence-electron chi connectivity index (χ2n) is 6.45. The molecule has 0 bridgehead atoms. The molecule has 1 atom stereocenters.